The summed E-state index contributed by atoms with van der Waals surface area (Å²) in [7, 11) is 1.41. The zero-order valence-corrected chi connectivity index (χ0v) is 20.7. The first-order valence-corrected chi connectivity index (χ1v) is 13.5. The third kappa shape index (κ3) is 31.7. The summed E-state index contributed by atoms with van der Waals surface area (Å²) in [4.78, 5) is 0. The van der Waals surface area contributed by atoms with Crippen molar-refractivity contribution < 1.29 is 5.11 Å². The molecule has 0 amide bonds. The SMILES string of the molecule is CC/C=C\CCO.CCCCCCCCCCCCCCCCCC[SiH3]. The average Bonchev–Trinajstić information content (AvgIpc) is 2.66. The van der Waals surface area contributed by atoms with Crippen LogP contribution in [-0.4, -0.2) is 22.0 Å². The zero-order valence-electron chi connectivity index (χ0n) is 18.7. The molecule has 0 radical (unpaired) electrons. The summed E-state index contributed by atoms with van der Waals surface area (Å²) < 4.78 is 0. The monoisotopic (exact) mass is 384 g/mol. The maximum atomic E-state index is 8.24. The topological polar surface area (TPSA) is 20.2 Å². The van der Waals surface area contributed by atoms with Crippen LogP contribution < -0.4 is 0 Å². The van der Waals surface area contributed by atoms with E-state index in [1.807, 2.05) is 6.08 Å². The van der Waals surface area contributed by atoms with Gasteiger partial charge in [-0.2, -0.15) is 0 Å². The van der Waals surface area contributed by atoms with Crippen LogP contribution in [-0.2, 0) is 0 Å². The van der Waals surface area contributed by atoms with Crippen molar-refractivity contribution >= 4 is 10.2 Å². The standard InChI is InChI=1S/C18H40Si.C6H12O/c1-2-3-4-5-6-7-8-9-10-11-12-13-14-15-16-17-18-19;1-2-3-4-5-6-7/h2-18H2,1,19H3;3-4,7H,2,5-6H2,1H3/b;4-3-. The predicted molar refractivity (Wildman–Crippen MR) is 125 cm³/mol. The van der Waals surface area contributed by atoms with Gasteiger partial charge >= 0.3 is 0 Å². The van der Waals surface area contributed by atoms with Gasteiger partial charge in [-0.3, -0.25) is 0 Å². The van der Waals surface area contributed by atoms with Crippen molar-refractivity contribution in [3.05, 3.63) is 12.2 Å². The lowest BCUT2D eigenvalue weighted by molar-refractivity contribution is 0.302. The van der Waals surface area contributed by atoms with E-state index in [2.05, 4.69) is 19.9 Å². The molecule has 0 aromatic rings. The van der Waals surface area contributed by atoms with E-state index in [9.17, 15) is 0 Å². The van der Waals surface area contributed by atoms with Gasteiger partial charge in [0.2, 0.25) is 0 Å². The molecule has 2 heteroatoms. The molecule has 0 unspecified atom stereocenters. The molecule has 0 saturated heterocycles. The van der Waals surface area contributed by atoms with E-state index in [4.69, 9.17) is 5.11 Å². The first-order chi connectivity index (χ1) is 12.8. The molecule has 158 valence electrons. The fraction of sp³-hybridized carbons (Fsp3) is 0.917. The molecule has 0 saturated carbocycles. The predicted octanol–water partition coefficient (Wildman–Crippen LogP) is 7.37. The molecule has 0 atom stereocenters. The number of rotatable bonds is 19. The van der Waals surface area contributed by atoms with Crippen molar-refractivity contribution in [2.45, 2.75) is 135 Å². The molecule has 0 aromatic carbocycles. The van der Waals surface area contributed by atoms with Crippen LogP contribution in [0.1, 0.15) is 129 Å². The quantitative estimate of drug-likeness (QED) is 0.140. The summed E-state index contributed by atoms with van der Waals surface area (Å²) in [6, 6.07) is 1.51. The van der Waals surface area contributed by atoms with E-state index in [0.29, 0.717) is 0 Å². The van der Waals surface area contributed by atoms with Gasteiger partial charge in [-0.1, -0.05) is 135 Å². The molecule has 26 heavy (non-hydrogen) atoms. The number of allylic oxidation sites excluding steroid dienone is 1. The van der Waals surface area contributed by atoms with E-state index >= 15 is 0 Å². The summed E-state index contributed by atoms with van der Waals surface area (Å²) in [6.07, 6.45) is 29.6. The average molecular weight is 385 g/mol. The van der Waals surface area contributed by atoms with Crippen LogP contribution in [0.25, 0.3) is 0 Å². The molecule has 0 aliphatic carbocycles. The van der Waals surface area contributed by atoms with Crippen LogP contribution in [0.5, 0.6) is 0 Å². The maximum Gasteiger partial charge on any atom is 0.0465 e. The largest absolute Gasteiger partial charge is 0.396 e. The maximum absolute atomic E-state index is 8.24. The van der Waals surface area contributed by atoms with Crippen LogP contribution in [0, 0.1) is 0 Å². The van der Waals surface area contributed by atoms with E-state index in [-0.39, 0.29) is 6.61 Å². The van der Waals surface area contributed by atoms with Gasteiger partial charge in [0.25, 0.3) is 0 Å². The first-order valence-electron chi connectivity index (χ1n) is 12.1. The Kier molecular flexibility index (Phi) is 32.1. The lowest BCUT2D eigenvalue weighted by Gasteiger charge is -2.03. The van der Waals surface area contributed by atoms with E-state index in [1.165, 1.54) is 119 Å². The van der Waals surface area contributed by atoms with Crippen molar-refractivity contribution in [1.82, 2.24) is 0 Å². The van der Waals surface area contributed by atoms with Gasteiger partial charge < -0.3 is 5.11 Å². The van der Waals surface area contributed by atoms with Gasteiger partial charge in [0.15, 0.2) is 0 Å². The second-order valence-corrected chi connectivity index (χ2v) is 8.70. The molecule has 0 heterocycles. The summed E-state index contributed by atoms with van der Waals surface area (Å²) in [6.45, 7) is 4.65. The molecular formula is C24H52OSi. The van der Waals surface area contributed by atoms with Crippen LogP contribution in [0.15, 0.2) is 12.2 Å². The minimum atomic E-state index is 0.274. The van der Waals surface area contributed by atoms with Gasteiger partial charge in [0.1, 0.15) is 0 Å². The molecule has 1 N–H and O–H groups in total. The highest BCUT2D eigenvalue weighted by molar-refractivity contribution is 6.08. The van der Waals surface area contributed by atoms with Crippen molar-refractivity contribution in [3.8, 4) is 0 Å². The fourth-order valence-electron chi connectivity index (χ4n) is 3.16. The van der Waals surface area contributed by atoms with E-state index < -0.39 is 0 Å². The molecule has 0 spiro atoms. The Hall–Kier alpha value is -0.0831. The Balaban J connectivity index is 0. The summed E-state index contributed by atoms with van der Waals surface area (Å²) in [5.41, 5.74) is 0. The number of aliphatic hydroxyl groups excluding tert-OH is 1. The van der Waals surface area contributed by atoms with E-state index in [0.717, 1.165) is 12.8 Å². The highest BCUT2D eigenvalue weighted by Crippen LogP contribution is 2.13. The molecule has 0 aromatic heterocycles. The van der Waals surface area contributed by atoms with Gasteiger partial charge in [-0.05, 0) is 12.8 Å². The highest BCUT2D eigenvalue weighted by atomic mass is 28.1. The third-order valence-electron chi connectivity index (χ3n) is 4.91. The molecule has 1 nitrogen and oxygen atoms in total. The van der Waals surface area contributed by atoms with Crippen LogP contribution >= 0.6 is 0 Å². The van der Waals surface area contributed by atoms with Crippen molar-refractivity contribution in [2.24, 2.45) is 0 Å². The van der Waals surface area contributed by atoms with Gasteiger partial charge in [-0.15, -0.1) is 0 Å². The molecule has 0 aliphatic heterocycles. The summed E-state index contributed by atoms with van der Waals surface area (Å²) >= 11 is 0. The smallest absolute Gasteiger partial charge is 0.0465 e. The van der Waals surface area contributed by atoms with Crippen LogP contribution in [0.4, 0.5) is 0 Å². The summed E-state index contributed by atoms with van der Waals surface area (Å²) in [5, 5.41) is 8.24. The van der Waals surface area contributed by atoms with Crippen LogP contribution in [0.2, 0.25) is 6.04 Å². The van der Waals surface area contributed by atoms with Gasteiger partial charge in [0.05, 0.1) is 0 Å². The van der Waals surface area contributed by atoms with Crippen molar-refractivity contribution in [2.75, 3.05) is 6.61 Å². The zero-order chi connectivity index (χ0) is 19.6. The van der Waals surface area contributed by atoms with Crippen LogP contribution in [0.3, 0.4) is 0 Å². The first kappa shape index (κ1) is 28.1. The minimum Gasteiger partial charge on any atom is -0.396 e. The minimum absolute atomic E-state index is 0.274. The lowest BCUT2D eigenvalue weighted by Crippen LogP contribution is -1.83. The van der Waals surface area contributed by atoms with Crippen molar-refractivity contribution in [1.29, 1.82) is 0 Å². The van der Waals surface area contributed by atoms with Crippen molar-refractivity contribution in [3.63, 3.8) is 0 Å². The highest BCUT2D eigenvalue weighted by Gasteiger charge is 1.94. The molecule has 0 aliphatic rings. The molecule has 0 fully saturated rings. The molecule has 0 rings (SSSR count). The van der Waals surface area contributed by atoms with Gasteiger partial charge in [0, 0.05) is 16.8 Å². The van der Waals surface area contributed by atoms with E-state index in [1.54, 1.807) is 0 Å². The lowest BCUT2D eigenvalue weighted by atomic mass is 10.0. The Morgan fingerprint density at radius 1 is 0.577 bits per heavy atom. The number of hydrogen-bond acceptors (Lipinski definition) is 1. The molecule has 0 bridgehead atoms. The van der Waals surface area contributed by atoms with Gasteiger partial charge in [-0.25, -0.2) is 0 Å². The summed E-state index contributed by atoms with van der Waals surface area (Å²) in [5.74, 6) is 0. The normalized spacial score (nSPS) is 11.0. The molecular weight excluding hydrogens is 332 g/mol. The number of aliphatic hydroxyl groups is 1. The second-order valence-electron chi connectivity index (χ2n) is 7.70. The number of unbranched alkanes of at least 4 members (excludes halogenated alkanes) is 15. The number of hydrogen-bond donors (Lipinski definition) is 1. The Labute approximate surface area is 169 Å². The third-order valence-corrected chi connectivity index (χ3v) is 5.61. The second kappa shape index (κ2) is 29.7. The Morgan fingerprint density at radius 3 is 1.27 bits per heavy atom. The Bertz CT molecular complexity index is 224. The fourth-order valence-corrected chi connectivity index (χ4v) is 3.66. The Morgan fingerprint density at radius 2 is 0.962 bits per heavy atom.